The number of alkyl halides is 3. The number of furan rings is 1. The Morgan fingerprint density at radius 1 is 1.21 bits per heavy atom. The molecule has 4 rings (SSSR count). The van der Waals surface area contributed by atoms with E-state index in [4.69, 9.17) is 23.8 Å². The van der Waals surface area contributed by atoms with Crippen LogP contribution in [0.3, 0.4) is 0 Å². The van der Waals surface area contributed by atoms with E-state index < -0.39 is 12.1 Å². The van der Waals surface area contributed by atoms with Gasteiger partial charge in [-0.25, -0.2) is 4.79 Å². The molecule has 1 aliphatic carbocycles. The summed E-state index contributed by atoms with van der Waals surface area (Å²) in [7, 11) is 0. The van der Waals surface area contributed by atoms with Crippen LogP contribution in [-0.4, -0.2) is 60.2 Å². The maximum Gasteiger partial charge on any atom is 0.490 e. The van der Waals surface area contributed by atoms with Gasteiger partial charge in [0.1, 0.15) is 0 Å². The van der Waals surface area contributed by atoms with Crippen molar-refractivity contribution in [3.63, 3.8) is 0 Å². The van der Waals surface area contributed by atoms with E-state index >= 15 is 0 Å². The van der Waals surface area contributed by atoms with Crippen LogP contribution in [0.2, 0.25) is 0 Å². The van der Waals surface area contributed by atoms with E-state index in [0.717, 1.165) is 45.1 Å². The fourth-order valence-electron chi connectivity index (χ4n) is 3.67. The molecule has 0 aromatic carbocycles. The van der Waals surface area contributed by atoms with Crippen molar-refractivity contribution in [3.8, 4) is 0 Å². The van der Waals surface area contributed by atoms with E-state index in [2.05, 4.69) is 11.0 Å². The summed E-state index contributed by atoms with van der Waals surface area (Å²) in [6.07, 6.45) is 5.49. The number of hydrogen-bond donors (Lipinski definition) is 1. The van der Waals surface area contributed by atoms with Crippen LogP contribution in [0.25, 0.3) is 0 Å². The van der Waals surface area contributed by atoms with Gasteiger partial charge in [0.15, 0.2) is 0 Å². The maximum absolute atomic E-state index is 10.6. The highest BCUT2D eigenvalue weighted by molar-refractivity contribution is 5.73. The van der Waals surface area contributed by atoms with Crippen molar-refractivity contribution in [2.45, 2.75) is 63.1 Å². The van der Waals surface area contributed by atoms with Crippen molar-refractivity contribution in [3.05, 3.63) is 24.2 Å². The molecule has 158 valence electrons. The minimum atomic E-state index is -5.08. The molecule has 2 aliphatic heterocycles. The van der Waals surface area contributed by atoms with Crippen LogP contribution in [0.15, 0.2) is 23.0 Å². The average molecular weight is 405 g/mol. The van der Waals surface area contributed by atoms with Crippen LogP contribution in [0, 0.1) is 5.92 Å². The lowest BCUT2D eigenvalue weighted by molar-refractivity contribution is -0.192. The zero-order valence-corrected chi connectivity index (χ0v) is 15.6. The number of likely N-dealkylation sites (tertiary alicyclic amines) is 1. The molecule has 1 saturated carbocycles. The predicted molar refractivity (Wildman–Crippen MR) is 92.7 cm³/mol. The Balaban J connectivity index is 0.000000279. The zero-order valence-electron chi connectivity index (χ0n) is 15.6. The molecule has 3 aliphatic rings. The highest BCUT2D eigenvalue weighted by atomic mass is 19.4. The molecule has 0 bridgehead atoms. The van der Waals surface area contributed by atoms with E-state index in [1.54, 1.807) is 6.26 Å². The summed E-state index contributed by atoms with van der Waals surface area (Å²) in [6.45, 7) is 3.86. The molecule has 2 saturated heterocycles. The number of hydrogen-bond acceptors (Lipinski definition) is 5. The van der Waals surface area contributed by atoms with Crippen LogP contribution in [0.5, 0.6) is 0 Å². The molecule has 0 amide bonds. The number of rotatable bonds is 6. The lowest BCUT2D eigenvalue weighted by atomic mass is 9.99. The maximum atomic E-state index is 10.6. The SMILES string of the molecule is O=C(O)C(F)(F)F.c1cc(CN2CC[C@H]3O[C@@H](COCC4CC4)CC[C@H]32)co1. The number of fused-ring (bicyclic) bond motifs is 1. The summed E-state index contributed by atoms with van der Waals surface area (Å²) in [4.78, 5) is 11.4. The second-order valence-electron chi connectivity index (χ2n) is 7.62. The lowest BCUT2D eigenvalue weighted by Crippen LogP contribution is -2.43. The summed E-state index contributed by atoms with van der Waals surface area (Å²) >= 11 is 0. The molecule has 3 atom stereocenters. The molecule has 6 nitrogen and oxygen atoms in total. The number of nitrogens with zero attached hydrogens (tertiary/aromatic N) is 1. The van der Waals surface area contributed by atoms with E-state index in [1.165, 1.54) is 24.8 Å². The van der Waals surface area contributed by atoms with Gasteiger partial charge in [-0.05, 0) is 44.1 Å². The molecule has 0 unspecified atom stereocenters. The first-order valence-corrected chi connectivity index (χ1v) is 9.61. The molecular formula is C19H26F3NO5. The van der Waals surface area contributed by atoms with Gasteiger partial charge in [0, 0.05) is 31.3 Å². The molecular weight excluding hydrogens is 379 g/mol. The molecule has 9 heteroatoms. The molecule has 28 heavy (non-hydrogen) atoms. The summed E-state index contributed by atoms with van der Waals surface area (Å²) in [5.74, 6) is -1.91. The highest BCUT2D eigenvalue weighted by Gasteiger charge is 2.40. The van der Waals surface area contributed by atoms with Gasteiger partial charge in [0.05, 0.1) is 31.3 Å². The van der Waals surface area contributed by atoms with Gasteiger partial charge in [0.2, 0.25) is 0 Å². The van der Waals surface area contributed by atoms with Crippen molar-refractivity contribution >= 4 is 5.97 Å². The number of ether oxygens (including phenoxy) is 2. The topological polar surface area (TPSA) is 72.1 Å². The smallest absolute Gasteiger partial charge is 0.475 e. The monoisotopic (exact) mass is 405 g/mol. The van der Waals surface area contributed by atoms with Crippen LogP contribution in [0.1, 0.15) is 37.7 Å². The summed E-state index contributed by atoms with van der Waals surface area (Å²) < 4.78 is 49.0. The molecule has 0 radical (unpaired) electrons. The van der Waals surface area contributed by atoms with Gasteiger partial charge in [-0.3, -0.25) is 4.90 Å². The third-order valence-corrected chi connectivity index (χ3v) is 5.31. The van der Waals surface area contributed by atoms with E-state index in [0.29, 0.717) is 18.2 Å². The first-order valence-electron chi connectivity index (χ1n) is 9.61. The largest absolute Gasteiger partial charge is 0.490 e. The normalized spacial score (nSPS) is 27.8. The van der Waals surface area contributed by atoms with Crippen LogP contribution < -0.4 is 0 Å². The first kappa shape index (κ1) is 21.1. The zero-order chi connectivity index (χ0) is 20.1. The van der Waals surface area contributed by atoms with Crippen molar-refractivity contribution in [2.24, 2.45) is 5.92 Å². The van der Waals surface area contributed by atoms with Crippen molar-refractivity contribution in [1.82, 2.24) is 4.90 Å². The fraction of sp³-hybridized carbons (Fsp3) is 0.737. The Morgan fingerprint density at radius 2 is 1.96 bits per heavy atom. The first-order chi connectivity index (χ1) is 13.3. The van der Waals surface area contributed by atoms with Gasteiger partial charge in [-0.15, -0.1) is 0 Å². The Morgan fingerprint density at radius 3 is 2.57 bits per heavy atom. The van der Waals surface area contributed by atoms with Gasteiger partial charge >= 0.3 is 12.1 Å². The number of carbonyl (C=O) groups is 1. The van der Waals surface area contributed by atoms with E-state index in [9.17, 15) is 13.2 Å². The van der Waals surface area contributed by atoms with Gasteiger partial charge in [-0.1, -0.05) is 0 Å². The van der Waals surface area contributed by atoms with Gasteiger partial charge < -0.3 is 19.0 Å². The average Bonchev–Trinajstić information content (AvgIpc) is 3.16. The number of carboxylic acids is 1. The lowest BCUT2D eigenvalue weighted by Gasteiger charge is -2.35. The number of halogens is 3. The summed E-state index contributed by atoms with van der Waals surface area (Å²) in [6, 6.07) is 2.64. The Bertz CT molecular complexity index is 618. The summed E-state index contributed by atoms with van der Waals surface area (Å²) in [5, 5.41) is 7.12. The van der Waals surface area contributed by atoms with Crippen LogP contribution in [-0.2, 0) is 20.8 Å². The van der Waals surface area contributed by atoms with Crippen LogP contribution in [0.4, 0.5) is 13.2 Å². The molecule has 3 fully saturated rings. The minimum Gasteiger partial charge on any atom is -0.475 e. The second-order valence-corrected chi connectivity index (χ2v) is 7.62. The second kappa shape index (κ2) is 9.28. The van der Waals surface area contributed by atoms with Gasteiger partial charge in [-0.2, -0.15) is 13.2 Å². The van der Waals surface area contributed by atoms with Crippen LogP contribution >= 0.6 is 0 Å². The number of aliphatic carboxylic acids is 1. The van der Waals surface area contributed by atoms with E-state index in [1.807, 2.05) is 6.26 Å². The standard InChI is InChI=1S/C17H25NO3.C2HF3O2/c1-2-13(1)10-20-12-15-3-4-16-17(21-15)5-7-18(16)9-14-6-8-19-11-14;3-2(4,5)1(6)7/h6,8,11,13,15-17H,1-5,7,9-10,12H2;(H,6,7)/t15-,16-,17-;/m1./s1. The van der Waals surface area contributed by atoms with Crippen molar-refractivity contribution in [2.75, 3.05) is 19.8 Å². The quantitative estimate of drug-likeness (QED) is 0.782. The highest BCUT2D eigenvalue weighted by Crippen LogP contribution is 2.33. The molecule has 3 heterocycles. The summed E-state index contributed by atoms with van der Waals surface area (Å²) in [5.41, 5.74) is 1.27. The molecule has 0 spiro atoms. The van der Waals surface area contributed by atoms with Gasteiger partial charge in [0.25, 0.3) is 0 Å². The van der Waals surface area contributed by atoms with E-state index in [-0.39, 0.29) is 0 Å². The fourth-order valence-corrected chi connectivity index (χ4v) is 3.67. The Hall–Kier alpha value is -1.58. The number of carboxylic acid groups (broad SMARTS) is 1. The third-order valence-electron chi connectivity index (χ3n) is 5.31. The minimum absolute atomic E-state index is 0.318. The predicted octanol–water partition coefficient (Wildman–Crippen LogP) is 3.46. The Labute approximate surface area is 161 Å². The van der Waals surface area contributed by atoms with Crippen molar-refractivity contribution in [1.29, 1.82) is 0 Å². The Kier molecular flexibility index (Phi) is 7.00. The third kappa shape index (κ3) is 6.22. The molecule has 1 N–H and O–H groups in total. The van der Waals surface area contributed by atoms with Crippen molar-refractivity contribution < 1.29 is 37.0 Å². The molecule has 1 aromatic heterocycles. The molecule has 1 aromatic rings.